The summed E-state index contributed by atoms with van der Waals surface area (Å²) >= 11 is 6.25. The Balaban J connectivity index is 0.000000280. The molecule has 1 aliphatic rings. The zero-order valence-corrected chi connectivity index (χ0v) is 11.4. The Labute approximate surface area is 112 Å². The minimum absolute atomic E-state index is 0.126. The van der Waals surface area contributed by atoms with Crippen LogP contribution in [0.3, 0.4) is 0 Å². The fraction of sp³-hybridized carbons (Fsp3) is 0.455. The molecular formula is C11H16ClNO4S. The molecule has 0 fully saturated rings. The van der Waals surface area contributed by atoms with Gasteiger partial charge in [-0.3, -0.25) is 9.11 Å². The Morgan fingerprint density at radius 2 is 1.72 bits per heavy atom. The third kappa shape index (κ3) is 5.32. The van der Waals surface area contributed by atoms with Gasteiger partial charge in [0.2, 0.25) is 0 Å². The fourth-order valence-corrected chi connectivity index (χ4v) is 2.20. The largest absolute Gasteiger partial charge is 0.394 e. The van der Waals surface area contributed by atoms with E-state index in [2.05, 4.69) is 36.5 Å². The van der Waals surface area contributed by atoms with E-state index in [-0.39, 0.29) is 5.38 Å². The van der Waals surface area contributed by atoms with Gasteiger partial charge in [-0.25, -0.2) is 0 Å². The molecule has 0 radical (unpaired) electrons. The fourth-order valence-electron chi connectivity index (χ4n) is 1.89. The molecule has 0 saturated carbocycles. The second-order valence-electron chi connectivity index (χ2n) is 4.10. The van der Waals surface area contributed by atoms with Crippen molar-refractivity contribution in [2.45, 2.75) is 18.2 Å². The SMILES string of the molecule is CC1CNCC(Cl)c2ccccc21.O=S(=O)(O)O. The highest BCUT2D eigenvalue weighted by molar-refractivity contribution is 7.79. The third-order valence-electron chi connectivity index (χ3n) is 2.64. The molecule has 3 N–H and O–H groups in total. The summed E-state index contributed by atoms with van der Waals surface area (Å²) in [5, 5.41) is 3.49. The third-order valence-corrected chi connectivity index (χ3v) is 3.03. The van der Waals surface area contributed by atoms with E-state index in [1.165, 1.54) is 11.1 Å². The molecule has 1 aromatic rings. The summed E-state index contributed by atoms with van der Waals surface area (Å²) in [5.41, 5.74) is 2.69. The molecule has 1 aromatic carbocycles. The predicted octanol–water partition coefficient (Wildman–Crippen LogP) is 2.02. The number of halogens is 1. The van der Waals surface area contributed by atoms with E-state index < -0.39 is 10.4 Å². The second kappa shape index (κ2) is 6.49. The lowest BCUT2D eigenvalue weighted by atomic mass is 9.95. The van der Waals surface area contributed by atoms with Crippen LogP contribution in [0.5, 0.6) is 0 Å². The first-order chi connectivity index (χ1) is 8.29. The van der Waals surface area contributed by atoms with Gasteiger partial charge in [-0.1, -0.05) is 31.2 Å². The zero-order chi connectivity index (χ0) is 13.8. The number of rotatable bonds is 0. The highest BCUT2D eigenvalue weighted by Crippen LogP contribution is 2.30. The summed E-state index contributed by atoms with van der Waals surface area (Å²) in [6, 6.07) is 8.47. The van der Waals surface area contributed by atoms with Gasteiger partial charge in [-0.2, -0.15) is 8.42 Å². The smallest absolute Gasteiger partial charge is 0.314 e. The quantitative estimate of drug-likeness (QED) is 0.503. The van der Waals surface area contributed by atoms with Crippen molar-refractivity contribution in [2.75, 3.05) is 13.1 Å². The first-order valence-corrected chi connectivity index (χ1v) is 7.26. The van der Waals surface area contributed by atoms with Gasteiger partial charge >= 0.3 is 10.4 Å². The summed E-state index contributed by atoms with van der Waals surface area (Å²) in [4.78, 5) is 0. The van der Waals surface area contributed by atoms with Crippen molar-refractivity contribution in [1.29, 1.82) is 0 Å². The van der Waals surface area contributed by atoms with Crippen LogP contribution in [0.4, 0.5) is 0 Å². The van der Waals surface area contributed by atoms with E-state index >= 15 is 0 Å². The highest BCUT2D eigenvalue weighted by Gasteiger charge is 2.19. The van der Waals surface area contributed by atoms with E-state index in [9.17, 15) is 0 Å². The molecule has 2 unspecified atom stereocenters. The number of nitrogens with one attached hydrogen (secondary N) is 1. The van der Waals surface area contributed by atoms with E-state index in [1.807, 2.05) is 0 Å². The van der Waals surface area contributed by atoms with Crippen LogP contribution in [0.15, 0.2) is 24.3 Å². The highest BCUT2D eigenvalue weighted by atomic mass is 35.5. The van der Waals surface area contributed by atoms with Crippen LogP contribution in [0.25, 0.3) is 0 Å². The van der Waals surface area contributed by atoms with Crippen LogP contribution in [-0.4, -0.2) is 30.6 Å². The number of fused-ring (bicyclic) bond motifs is 1. The minimum atomic E-state index is -4.67. The Bertz CT molecular complexity index is 455. The molecule has 2 rings (SSSR count). The molecule has 0 saturated heterocycles. The van der Waals surface area contributed by atoms with Crippen molar-refractivity contribution in [3.63, 3.8) is 0 Å². The van der Waals surface area contributed by atoms with Gasteiger partial charge < -0.3 is 5.32 Å². The summed E-state index contributed by atoms with van der Waals surface area (Å²) in [7, 11) is -4.67. The maximum Gasteiger partial charge on any atom is 0.394 e. The van der Waals surface area contributed by atoms with Gasteiger partial charge in [-0.15, -0.1) is 11.6 Å². The average Bonchev–Trinajstić information content (AvgIpc) is 2.39. The molecule has 18 heavy (non-hydrogen) atoms. The van der Waals surface area contributed by atoms with Gasteiger partial charge in [0.15, 0.2) is 0 Å². The van der Waals surface area contributed by atoms with Crippen molar-refractivity contribution in [1.82, 2.24) is 5.32 Å². The lowest BCUT2D eigenvalue weighted by molar-refractivity contribution is 0.381. The number of alkyl halides is 1. The monoisotopic (exact) mass is 293 g/mol. The van der Waals surface area contributed by atoms with E-state index in [0.29, 0.717) is 5.92 Å². The van der Waals surface area contributed by atoms with Crippen molar-refractivity contribution < 1.29 is 17.5 Å². The standard InChI is InChI=1S/C11H14ClN.H2O4S/c1-8-6-13-7-11(12)10-5-3-2-4-9(8)10;1-5(2,3)4/h2-5,8,11,13H,6-7H2,1H3;(H2,1,2,3,4). The Morgan fingerprint density at radius 3 is 2.28 bits per heavy atom. The van der Waals surface area contributed by atoms with E-state index in [0.717, 1.165) is 13.1 Å². The molecule has 1 heterocycles. The second-order valence-corrected chi connectivity index (χ2v) is 5.53. The molecule has 102 valence electrons. The molecule has 0 spiro atoms. The van der Waals surface area contributed by atoms with Crippen LogP contribution in [0.2, 0.25) is 0 Å². The summed E-state index contributed by atoms with van der Waals surface area (Å²) in [5.74, 6) is 0.569. The van der Waals surface area contributed by atoms with Crippen LogP contribution in [-0.2, 0) is 10.4 Å². The van der Waals surface area contributed by atoms with E-state index in [1.54, 1.807) is 0 Å². The van der Waals surface area contributed by atoms with Crippen LogP contribution < -0.4 is 5.32 Å². The van der Waals surface area contributed by atoms with Crippen LogP contribution >= 0.6 is 11.6 Å². The lowest BCUT2D eigenvalue weighted by Crippen LogP contribution is -2.19. The first kappa shape index (κ1) is 15.4. The Hall–Kier alpha value is -0.660. The van der Waals surface area contributed by atoms with Crippen molar-refractivity contribution in [3.05, 3.63) is 35.4 Å². The molecule has 2 atom stereocenters. The number of hydrogen-bond acceptors (Lipinski definition) is 3. The van der Waals surface area contributed by atoms with Crippen LogP contribution in [0, 0.1) is 0 Å². The van der Waals surface area contributed by atoms with Gasteiger partial charge in [0.25, 0.3) is 0 Å². The maximum absolute atomic E-state index is 8.74. The molecule has 0 aromatic heterocycles. The summed E-state index contributed by atoms with van der Waals surface area (Å²) < 4.78 is 31.6. The Kier molecular flexibility index (Phi) is 5.55. The molecule has 1 aliphatic heterocycles. The van der Waals surface area contributed by atoms with Crippen molar-refractivity contribution >= 4 is 22.0 Å². The number of benzene rings is 1. The van der Waals surface area contributed by atoms with Gasteiger partial charge in [0.1, 0.15) is 0 Å². The van der Waals surface area contributed by atoms with Gasteiger partial charge in [-0.05, 0) is 17.0 Å². The number of hydrogen-bond donors (Lipinski definition) is 3. The maximum atomic E-state index is 8.74. The summed E-state index contributed by atoms with van der Waals surface area (Å²) in [6.07, 6.45) is 0. The molecule has 7 heteroatoms. The molecule has 5 nitrogen and oxygen atoms in total. The normalized spacial score (nSPS) is 23.3. The zero-order valence-electron chi connectivity index (χ0n) is 9.88. The van der Waals surface area contributed by atoms with E-state index in [4.69, 9.17) is 29.1 Å². The Morgan fingerprint density at radius 1 is 1.22 bits per heavy atom. The van der Waals surface area contributed by atoms with Gasteiger partial charge in [0, 0.05) is 13.1 Å². The molecule has 0 aliphatic carbocycles. The first-order valence-electron chi connectivity index (χ1n) is 5.42. The van der Waals surface area contributed by atoms with Crippen LogP contribution in [0.1, 0.15) is 29.3 Å². The summed E-state index contributed by atoms with van der Waals surface area (Å²) in [6.45, 7) is 4.14. The predicted molar refractivity (Wildman–Crippen MR) is 70.5 cm³/mol. The molecule has 0 amide bonds. The average molecular weight is 294 g/mol. The lowest BCUT2D eigenvalue weighted by Gasteiger charge is -2.12. The van der Waals surface area contributed by atoms with Crippen molar-refractivity contribution in [3.8, 4) is 0 Å². The molecule has 0 bridgehead atoms. The van der Waals surface area contributed by atoms with Crippen molar-refractivity contribution in [2.24, 2.45) is 0 Å². The minimum Gasteiger partial charge on any atom is -0.314 e. The topological polar surface area (TPSA) is 86.6 Å². The van der Waals surface area contributed by atoms with Gasteiger partial charge in [0.05, 0.1) is 5.38 Å². The molecular weight excluding hydrogens is 278 g/mol.